The van der Waals surface area contributed by atoms with Gasteiger partial charge in [-0.2, -0.15) is 0 Å². The lowest BCUT2D eigenvalue weighted by molar-refractivity contribution is 0.831. The van der Waals surface area contributed by atoms with Crippen molar-refractivity contribution in [2.24, 2.45) is 0 Å². The van der Waals surface area contributed by atoms with Gasteiger partial charge in [0.15, 0.2) is 0 Å². The highest BCUT2D eigenvalue weighted by atomic mass is 32.1. The van der Waals surface area contributed by atoms with E-state index in [0.717, 1.165) is 0 Å². The highest BCUT2D eigenvalue weighted by molar-refractivity contribution is 7.18. The molecule has 0 fully saturated rings. The van der Waals surface area contributed by atoms with Crippen LogP contribution in [0.4, 0.5) is 0 Å². The van der Waals surface area contributed by atoms with Crippen molar-refractivity contribution in [2.75, 3.05) is 0 Å². The van der Waals surface area contributed by atoms with Gasteiger partial charge in [-0.1, -0.05) is 19.9 Å². The van der Waals surface area contributed by atoms with Crippen LogP contribution in [0.15, 0.2) is 18.2 Å². The number of aryl methyl sites for hydroxylation is 1. The first-order valence-corrected chi connectivity index (χ1v) is 5.35. The number of fused-ring (bicyclic) bond motifs is 1. The van der Waals surface area contributed by atoms with Crippen molar-refractivity contribution < 1.29 is 0 Å². The first-order valence-electron chi connectivity index (χ1n) is 4.54. The zero-order valence-corrected chi connectivity index (χ0v) is 8.98. The maximum atomic E-state index is 4.61. The van der Waals surface area contributed by atoms with E-state index in [-0.39, 0.29) is 0 Å². The summed E-state index contributed by atoms with van der Waals surface area (Å²) in [6.07, 6.45) is 0. The summed E-state index contributed by atoms with van der Waals surface area (Å²) < 4.78 is 0. The molecule has 0 aromatic carbocycles. The average Bonchev–Trinajstić information content (AvgIpc) is 2.42. The Morgan fingerprint density at radius 1 is 1.31 bits per heavy atom. The Morgan fingerprint density at radius 3 is 2.77 bits per heavy atom. The van der Waals surface area contributed by atoms with Crippen LogP contribution < -0.4 is 0 Å². The molecule has 0 saturated carbocycles. The predicted octanol–water partition coefficient (Wildman–Crippen LogP) is 3.73. The zero-order valence-electron chi connectivity index (χ0n) is 8.16. The number of rotatable bonds is 1. The molecule has 68 valence electrons. The van der Waals surface area contributed by atoms with E-state index in [4.69, 9.17) is 0 Å². The van der Waals surface area contributed by atoms with Crippen LogP contribution in [0.3, 0.4) is 0 Å². The zero-order chi connectivity index (χ0) is 9.42. The fourth-order valence-corrected chi connectivity index (χ4v) is 2.27. The number of thiophene rings is 1. The fraction of sp³-hybridized carbons (Fsp3) is 0.364. The van der Waals surface area contributed by atoms with E-state index >= 15 is 0 Å². The van der Waals surface area contributed by atoms with Crippen molar-refractivity contribution in [1.29, 1.82) is 0 Å². The van der Waals surface area contributed by atoms with E-state index < -0.39 is 0 Å². The molecule has 0 aliphatic carbocycles. The summed E-state index contributed by atoms with van der Waals surface area (Å²) in [5, 5.41) is 1.27. The standard InChI is InChI=1S/C11H13NS/c1-7(2)10-5-4-9-6-8(3)13-11(9)12-10/h4-7H,1-3H3. The topological polar surface area (TPSA) is 12.9 Å². The molecule has 13 heavy (non-hydrogen) atoms. The van der Waals surface area contributed by atoms with E-state index in [2.05, 4.69) is 44.0 Å². The van der Waals surface area contributed by atoms with E-state index in [1.165, 1.54) is 20.8 Å². The van der Waals surface area contributed by atoms with E-state index in [0.29, 0.717) is 5.92 Å². The molecule has 2 aromatic heterocycles. The molecule has 0 spiro atoms. The molecule has 0 saturated heterocycles. The Kier molecular flexibility index (Phi) is 2.08. The Morgan fingerprint density at radius 2 is 2.08 bits per heavy atom. The van der Waals surface area contributed by atoms with E-state index in [9.17, 15) is 0 Å². The number of hydrogen-bond donors (Lipinski definition) is 0. The summed E-state index contributed by atoms with van der Waals surface area (Å²) in [4.78, 5) is 7.12. The maximum Gasteiger partial charge on any atom is 0.123 e. The number of pyridine rings is 1. The Labute approximate surface area is 82.4 Å². The Hall–Kier alpha value is -0.890. The van der Waals surface area contributed by atoms with E-state index in [1.54, 1.807) is 11.3 Å². The summed E-state index contributed by atoms with van der Waals surface area (Å²) in [6, 6.07) is 6.48. The van der Waals surface area contributed by atoms with Gasteiger partial charge in [0.1, 0.15) is 4.83 Å². The molecule has 0 N–H and O–H groups in total. The predicted molar refractivity (Wildman–Crippen MR) is 58.4 cm³/mol. The smallest absolute Gasteiger partial charge is 0.123 e. The molecule has 0 atom stereocenters. The molecule has 0 aliphatic rings. The third kappa shape index (κ3) is 1.59. The highest BCUT2D eigenvalue weighted by Crippen LogP contribution is 2.25. The molecule has 2 heterocycles. The molecule has 0 bridgehead atoms. The van der Waals surface area contributed by atoms with Gasteiger partial charge in [0.25, 0.3) is 0 Å². The van der Waals surface area contributed by atoms with Crippen LogP contribution in [0.2, 0.25) is 0 Å². The normalized spacial score (nSPS) is 11.4. The molecule has 2 aromatic rings. The van der Waals surface area contributed by atoms with Gasteiger partial charge in [0, 0.05) is 16.0 Å². The third-order valence-electron chi connectivity index (χ3n) is 2.12. The van der Waals surface area contributed by atoms with Crippen LogP contribution in [0.5, 0.6) is 0 Å². The minimum atomic E-state index is 0.520. The van der Waals surface area contributed by atoms with Crippen LogP contribution in [-0.4, -0.2) is 4.98 Å². The van der Waals surface area contributed by atoms with Crippen molar-refractivity contribution in [1.82, 2.24) is 4.98 Å². The lowest BCUT2D eigenvalue weighted by Gasteiger charge is -2.02. The minimum Gasteiger partial charge on any atom is -0.242 e. The molecule has 1 nitrogen and oxygen atoms in total. The largest absolute Gasteiger partial charge is 0.242 e. The molecule has 2 heteroatoms. The molecule has 0 radical (unpaired) electrons. The molecule has 0 aliphatic heterocycles. The summed E-state index contributed by atoms with van der Waals surface area (Å²) in [7, 11) is 0. The van der Waals surface area contributed by atoms with Crippen molar-refractivity contribution in [3.8, 4) is 0 Å². The maximum absolute atomic E-state index is 4.61. The molecular weight excluding hydrogens is 178 g/mol. The first-order chi connectivity index (χ1) is 6.16. The number of nitrogens with zero attached hydrogens (tertiary/aromatic N) is 1. The molecule has 2 rings (SSSR count). The van der Waals surface area contributed by atoms with Gasteiger partial charge >= 0.3 is 0 Å². The SMILES string of the molecule is Cc1cc2ccc(C(C)C)nc2s1. The Bertz CT molecular complexity index is 429. The number of hydrogen-bond acceptors (Lipinski definition) is 2. The van der Waals surface area contributed by atoms with E-state index in [1.807, 2.05) is 0 Å². The van der Waals surface area contributed by atoms with Crippen LogP contribution >= 0.6 is 11.3 Å². The number of aromatic nitrogens is 1. The second-order valence-electron chi connectivity index (χ2n) is 3.64. The Balaban J connectivity index is 2.61. The van der Waals surface area contributed by atoms with Crippen molar-refractivity contribution >= 4 is 21.6 Å². The second kappa shape index (κ2) is 3.11. The van der Waals surface area contributed by atoms with Crippen LogP contribution in [-0.2, 0) is 0 Å². The van der Waals surface area contributed by atoms with Gasteiger partial charge in [-0.25, -0.2) is 4.98 Å². The van der Waals surface area contributed by atoms with Gasteiger partial charge in [0.2, 0.25) is 0 Å². The summed E-state index contributed by atoms with van der Waals surface area (Å²) in [5.74, 6) is 0.520. The van der Waals surface area contributed by atoms with Crippen molar-refractivity contribution in [3.63, 3.8) is 0 Å². The van der Waals surface area contributed by atoms with Crippen molar-refractivity contribution in [3.05, 3.63) is 28.8 Å². The van der Waals surface area contributed by atoms with Crippen LogP contribution in [0, 0.1) is 6.92 Å². The summed E-state index contributed by atoms with van der Waals surface area (Å²) in [5.41, 5.74) is 1.19. The first kappa shape index (κ1) is 8.70. The van der Waals surface area contributed by atoms with Gasteiger partial charge in [-0.05, 0) is 25.0 Å². The quantitative estimate of drug-likeness (QED) is 0.669. The summed E-state index contributed by atoms with van der Waals surface area (Å²) in [6.45, 7) is 6.48. The molecule has 0 unspecified atom stereocenters. The van der Waals surface area contributed by atoms with Gasteiger partial charge in [0.05, 0.1) is 0 Å². The third-order valence-corrected chi connectivity index (χ3v) is 3.08. The van der Waals surface area contributed by atoms with Gasteiger partial charge < -0.3 is 0 Å². The monoisotopic (exact) mass is 191 g/mol. The lowest BCUT2D eigenvalue weighted by atomic mass is 10.1. The van der Waals surface area contributed by atoms with Gasteiger partial charge in [-0.3, -0.25) is 0 Å². The average molecular weight is 191 g/mol. The van der Waals surface area contributed by atoms with Gasteiger partial charge in [-0.15, -0.1) is 11.3 Å². The fourth-order valence-electron chi connectivity index (χ4n) is 1.38. The second-order valence-corrected chi connectivity index (χ2v) is 4.88. The minimum absolute atomic E-state index is 0.520. The van der Waals surface area contributed by atoms with Crippen LogP contribution in [0.1, 0.15) is 30.3 Å². The van der Waals surface area contributed by atoms with Crippen molar-refractivity contribution in [2.45, 2.75) is 26.7 Å². The summed E-state index contributed by atoms with van der Waals surface area (Å²) >= 11 is 1.77. The lowest BCUT2D eigenvalue weighted by Crippen LogP contribution is -1.90. The van der Waals surface area contributed by atoms with Crippen LogP contribution in [0.25, 0.3) is 10.2 Å². The molecule has 0 amide bonds. The highest BCUT2D eigenvalue weighted by Gasteiger charge is 2.04. The molecular formula is C11H13NS.